The molecule has 0 aliphatic heterocycles. The van der Waals surface area contributed by atoms with Gasteiger partial charge in [0.2, 0.25) is 0 Å². The molecule has 0 heterocycles. The first-order valence-corrected chi connectivity index (χ1v) is 15.1. The number of carbonyl (C=O) groups excluding carboxylic acids is 3. The Morgan fingerprint density at radius 2 is 1.53 bits per heavy atom. The molecule has 8 aliphatic carbocycles. The molecule has 2 N–H and O–H groups in total. The summed E-state index contributed by atoms with van der Waals surface area (Å²) >= 11 is 0. The Labute approximate surface area is 226 Å². The van der Waals surface area contributed by atoms with Gasteiger partial charge in [0.25, 0.3) is 0 Å². The summed E-state index contributed by atoms with van der Waals surface area (Å²) in [5.41, 5.74) is -3.57. The highest BCUT2D eigenvalue weighted by Crippen LogP contribution is 2.67. The first-order chi connectivity index (χ1) is 17.7. The van der Waals surface area contributed by atoms with E-state index in [1.807, 2.05) is 27.7 Å². The van der Waals surface area contributed by atoms with Crippen LogP contribution in [0.1, 0.15) is 111 Å². The largest absolute Gasteiger partial charge is 0.459 e. The zero-order valence-electron chi connectivity index (χ0n) is 23.6. The van der Waals surface area contributed by atoms with Crippen LogP contribution in [0.15, 0.2) is 0 Å². The Bertz CT molecular complexity index is 995. The van der Waals surface area contributed by atoms with Crippen molar-refractivity contribution in [2.45, 2.75) is 134 Å². The number of hydrogen-bond donors (Lipinski definition) is 2. The molecule has 38 heavy (non-hydrogen) atoms. The van der Waals surface area contributed by atoms with E-state index in [-0.39, 0.29) is 29.7 Å². The Morgan fingerprint density at radius 1 is 0.921 bits per heavy atom. The van der Waals surface area contributed by atoms with Gasteiger partial charge in [0.15, 0.2) is 0 Å². The molecule has 7 nitrogen and oxygen atoms in total. The van der Waals surface area contributed by atoms with E-state index in [0.29, 0.717) is 56.6 Å². The van der Waals surface area contributed by atoms with Crippen molar-refractivity contribution in [2.75, 3.05) is 0 Å². The van der Waals surface area contributed by atoms with Crippen LogP contribution in [-0.2, 0) is 23.9 Å². The topological polar surface area (TPSA) is 110 Å². The van der Waals surface area contributed by atoms with Gasteiger partial charge in [0.05, 0.1) is 23.0 Å². The van der Waals surface area contributed by atoms with E-state index in [4.69, 9.17) is 9.47 Å². The van der Waals surface area contributed by atoms with Gasteiger partial charge in [-0.1, -0.05) is 13.8 Å². The molecule has 0 amide bonds. The van der Waals surface area contributed by atoms with Gasteiger partial charge in [-0.05, 0) is 103 Å². The Balaban J connectivity index is 1.10. The molecule has 0 radical (unpaired) electrons. The van der Waals surface area contributed by atoms with Crippen LogP contribution in [-0.4, -0.2) is 50.3 Å². The molecule has 8 saturated carbocycles. The molecule has 8 fully saturated rings. The normalized spacial score (nSPS) is 46.2. The molecule has 0 saturated heterocycles. The lowest BCUT2D eigenvalue weighted by Crippen LogP contribution is -2.68. The van der Waals surface area contributed by atoms with Crippen LogP contribution >= 0.6 is 0 Å². The van der Waals surface area contributed by atoms with Gasteiger partial charge in [-0.3, -0.25) is 14.4 Å². The molecule has 0 spiro atoms. The van der Waals surface area contributed by atoms with Crippen LogP contribution in [0.3, 0.4) is 0 Å². The van der Waals surface area contributed by atoms with Gasteiger partial charge < -0.3 is 19.7 Å². The quantitative estimate of drug-likeness (QED) is 0.445. The zero-order chi connectivity index (χ0) is 27.3. The number of rotatable bonds is 8. The van der Waals surface area contributed by atoms with Gasteiger partial charge in [0, 0.05) is 23.7 Å². The van der Waals surface area contributed by atoms with E-state index in [2.05, 4.69) is 0 Å². The monoisotopic (exact) mass is 530 g/mol. The number of ketones is 1. The van der Waals surface area contributed by atoms with Crippen LogP contribution in [0.5, 0.6) is 0 Å². The Morgan fingerprint density at radius 3 is 2.08 bits per heavy atom. The first-order valence-electron chi connectivity index (χ1n) is 15.1. The van der Waals surface area contributed by atoms with Gasteiger partial charge in [0.1, 0.15) is 17.0 Å². The third-order valence-electron chi connectivity index (χ3n) is 11.8. The number of esters is 2. The second kappa shape index (κ2) is 8.52. The van der Waals surface area contributed by atoms with Crippen molar-refractivity contribution in [3.05, 3.63) is 0 Å². The first kappa shape index (κ1) is 26.7. The van der Waals surface area contributed by atoms with Gasteiger partial charge in [-0.2, -0.15) is 0 Å². The number of hydrogen-bond acceptors (Lipinski definition) is 7. The van der Waals surface area contributed by atoms with E-state index < -0.39 is 39.7 Å². The maximum absolute atomic E-state index is 13.5. The van der Waals surface area contributed by atoms with Gasteiger partial charge >= 0.3 is 11.9 Å². The lowest BCUT2D eigenvalue weighted by molar-refractivity contribution is -0.273. The summed E-state index contributed by atoms with van der Waals surface area (Å²) in [7, 11) is 0. The predicted molar refractivity (Wildman–Crippen MR) is 139 cm³/mol. The SMILES string of the molecule is CCC(CC(C)C(=O)OC12CC3CC(C1)C(=O)C(C3)C2)C(=O)OC(C)(C)C12CC3CC(O)(CC(O)(C3)C1)C2. The summed E-state index contributed by atoms with van der Waals surface area (Å²) in [5, 5.41) is 22.5. The summed E-state index contributed by atoms with van der Waals surface area (Å²) < 4.78 is 12.4. The van der Waals surface area contributed by atoms with Crippen molar-refractivity contribution < 1.29 is 34.1 Å². The smallest absolute Gasteiger partial charge is 0.309 e. The van der Waals surface area contributed by atoms with Crippen molar-refractivity contribution >= 4 is 17.7 Å². The minimum Gasteiger partial charge on any atom is -0.459 e. The van der Waals surface area contributed by atoms with Crippen LogP contribution in [0.2, 0.25) is 0 Å². The van der Waals surface area contributed by atoms with Crippen LogP contribution < -0.4 is 0 Å². The van der Waals surface area contributed by atoms with Gasteiger partial charge in [-0.25, -0.2) is 0 Å². The number of Topliss-reactive ketones (excluding diaryl/α,β-unsaturated/α-hetero) is 1. The lowest BCUT2D eigenvalue weighted by Gasteiger charge is -2.66. The maximum atomic E-state index is 13.5. The molecule has 6 atom stereocenters. The van der Waals surface area contributed by atoms with Crippen molar-refractivity contribution in [3.8, 4) is 0 Å². The van der Waals surface area contributed by atoms with Crippen LogP contribution in [0.25, 0.3) is 0 Å². The van der Waals surface area contributed by atoms with Crippen molar-refractivity contribution in [2.24, 2.45) is 40.9 Å². The molecular formula is C31H46O7. The Hall–Kier alpha value is -1.47. The fourth-order valence-electron chi connectivity index (χ4n) is 10.5. The maximum Gasteiger partial charge on any atom is 0.309 e. The lowest BCUT2D eigenvalue weighted by atomic mass is 9.43. The number of aliphatic hydroxyl groups is 2. The summed E-state index contributed by atoms with van der Waals surface area (Å²) in [6.45, 7) is 7.64. The molecule has 0 aromatic carbocycles. The standard InChI is InChI=1S/C31H46O7/c1-5-21(6-18(2)25(33)38-31-12-19-7-22(13-31)24(32)23(8-19)14-31)26(34)37-27(3,4)28-9-20-10-29(35,15-28)17-30(36,11-20)16-28/h18-23,35-36H,5-17H2,1-4H3. The fraction of sp³-hybridized carbons (Fsp3) is 0.903. The highest BCUT2D eigenvalue weighted by atomic mass is 16.6. The molecule has 7 heteroatoms. The number of carbonyl (C=O) groups is 3. The highest BCUT2D eigenvalue weighted by molar-refractivity contribution is 5.86. The van der Waals surface area contributed by atoms with Crippen LogP contribution in [0.4, 0.5) is 0 Å². The van der Waals surface area contributed by atoms with Crippen molar-refractivity contribution in [1.29, 1.82) is 0 Å². The molecule has 0 aromatic heterocycles. The third kappa shape index (κ3) is 4.25. The highest BCUT2D eigenvalue weighted by Gasteiger charge is 2.67. The Kier molecular flexibility index (Phi) is 5.99. The van der Waals surface area contributed by atoms with E-state index in [1.165, 1.54) is 0 Å². The molecular weight excluding hydrogens is 484 g/mol. The molecule has 0 aromatic rings. The third-order valence-corrected chi connectivity index (χ3v) is 11.8. The van der Waals surface area contributed by atoms with Crippen molar-refractivity contribution in [1.82, 2.24) is 0 Å². The average molecular weight is 531 g/mol. The average Bonchev–Trinajstić information content (AvgIpc) is 2.77. The summed E-state index contributed by atoms with van der Waals surface area (Å²) in [4.78, 5) is 39.3. The molecule has 8 aliphatic rings. The summed E-state index contributed by atoms with van der Waals surface area (Å²) in [5.74, 6) is -0.269. The second-order valence-corrected chi connectivity index (χ2v) is 15.3. The minimum atomic E-state index is -0.887. The van der Waals surface area contributed by atoms with E-state index in [9.17, 15) is 24.6 Å². The second-order valence-electron chi connectivity index (χ2n) is 15.3. The molecule has 8 rings (SSSR count). The molecule has 212 valence electrons. The number of ether oxygens (including phenoxy) is 2. The van der Waals surface area contributed by atoms with E-state index in [1.54, 1.807) is 0 Å². The zero-order valence-corrected chi connectivity index (χ0v) is 23.6. The minimum absolute atomic E-state index is 0.0469. The van der Waals surface area contributed by atoms with E-state index in [0.717, 1.165) is 38.5 Å². The summed E-state index contributed by atoms with van der Waals surface area (Å²) in [6, 6.07) is 0. The fourth-order valence-corrected chi connectivity index (χ4v) is 10.5. The van der Waals surface area contributed by atoms with Gasteiger partial charge in [-0.15, -0.1) is 0 Å². The molecule has 8 bridgehead atoms. The van der Waals surface area contributed by atoms with E-state index >= 15 is 0 Å². The van der Waals surface area contributed by atoms with Crippen LogP contribution in [0, 0.1) is 40.9 Å². The molecule has 6 unspecified atom stereocenters. The summed E-state index contributed by atoms with van der Waals surface area (Å²) in [6.07, 6.45) is 8.79. The van der Waals surface area contributed by atoms with Crippen molar-refractivity contribution in [3.63, 3.8) is 0 Å². The predicted octanol–water partition coefficient (Wildman–Crippen LogP) is 4.50.